The summed E-state index contributed by atoms with van der Waals surface area (Å²) in [7, 11) is 0. The molecule has 0 unspecified atom stereocenters. The summed E-state index contributed by atoms with van der Waals surface area (Å²) in [5, 5.41) is 5.43. The smallest absolute Gasteiger partial charge is 0.254 e. The largest absolute Gasteiger partial charge is 0.439 e. The van der Waals surface area contributed by atoms with E-state index in [-0.39, 0.29) is 11.9 Å². The monoisotopic (exact) mass is 457 g/mol. The number of rotatable bonds is 7. The van der Waals surface area contributed by atoms with Gasteiger partial charge >= 0.3 is 0 Å². The fraction of sp³-hybridized carbons (Fsp3) is 0.185. The number of para-hydroxylation sites is 1. The number of hydrogen-bond acceptors (Lipinski definition) is 3. The maximum atomic E-state index is 13.4. The van der Waals surface area contributed by atoms with E-state index in [0.29, 0.717) is 28.8 Å². The maximum Gasteiger partial charge on any atom is 0.254 e. The highest BCUT2D eigenvalue weighted by molar-refractivity contribution is 6.30. The van der Waals surface area contributed by atoms with Crippen molar-refractivity contribution in [3.8, 4) is 17.3 Å². The van der Waals surface area contributed by atoms with Gasteiger partial charge in [0.15, 0.2) is 0 Å². The highest BCUT2D eigenvalue weighted by Crippen LogP contribution is 2.36. The van der Waals surface area contributed by atoms with E-state index < -0.39 is 0 Å². The summed E-state index contributed by atoms with van der Waals surface area (Å²) in [6.45, 7) is 2.39. The lowest BCUT2D eigenvalue weighted by molar-refractivity contribution is 0.0729. The van der Waals surface area contributed by atoms with Crippen LogP contribution in [-0.4, -0.2) is 26.6 Å². The third-order valence-electron chi connectivity index (χ3n) is 5.76. The second kappa shape index (κ2) is 9.12. The Kier molecular flexibility index (Phi) is 5.88. The number of ether oxygens (including phenoxy) is 1. The lowest BCUT2D eigenvalue weighted by Crippen LogP contribution is -2.32. The minimum atomic E-state index is 0.0300. The molecule has 4 aromatic rings. The quantitative estimate of drug-likeness (QED) is 0.321. The number of amides is 1. The first-order valence-corrected chi connectivity index (χ1v) is 11.4. The van der Waals surface area contributed by atoms with Crippen molar-refractivity contribution in [2.45, 2.75) is 32.4 Å². The van der Waals surface area contributed by atoms with Gasteiger partial charge < -0.3 is 9.64 Å². The molecule has 1 fully saturated rings. The predicted octanol–water partition coefficient (Wildman–Crippen LogP) is 6.43. The Balaban J connectivity index is 1.55. The minimum absolute atomic E-state index is 0.0300. The molecule has 1 amide bonds. The van der Waals surface area contributed by atoms with Crippen molar-refractivity contribution in [2.75, 3.05) is 0 Å². The molecule has 1 aromatic heterocycles. The van der Waals surface area contributed by atoms with Gasteiger partial charge in [-0.15, -0.1) is 0 Å². The number of nitrogens with zero attached hydrogens (tertiary/aromatic N) is 3. The zero-order valence-corrected chi connectivity index (χ0v) is 19.1. The summed E-state index contributed by atoms with van der Waals surface area (Å²) in [4.78, 5) is 15.3. The van der Waals surface area contributed by atoms with Crippen LogP contribution < -0.4 is 4.74 Å². The van der Waals surface area contributed by atoms with Crippen LogP contribution in [0.5, 0.6) is 11.6 Å². The lowest BCUT2D eigenvalue weighted by Gasteiger charge is -2.23. The van der Waals surface area contributed by atoms with Crippen LogP contribution in [0, 0.1) is 6.92 Å². The molecule has 1 heterocycles. The van der Waals surface area contributed by atoms with Crippen LogP contribution in [0.3, 0.4) is 0 Å². The molecule has 6 heteroatoms. The zero-order chi connectivity index (χ0) is 22.8. The van der Waals surface area contributed by atoms with E-state index in [2.05, 4.69) is 0 Å². The highest BCUT2D eigenvalue weighted by Gasteiger charge is 2.35. The van der Waals surface area contributed by atoms with Crippen molar-refractivity contribution in [3.05, 3.63) is 107 Å². The molecule has 0 aliphatic heterocycles. The fourth-order valence-electron chi connectivity index (χ4n) is 3.85. The summed E-state index contributed by atoms with van der Waals surface area (Å²) in [5.74, 6) is 1.29. The molecule has 0 radical (unpaired) electrons. The van der Waals surface area contributed by atoms with Gasteiger partial charge in [0.05, 0.1) is 23.5 Å². The molecular formula is C27H24ClN3O2. The van der Waals surface area contributed by atoms with Gasteiger partial charge in [-0.05, 0) is 68.3 Å². The molecule has 166 valence electrons. The molecule has 3 aromatic carbocycles. The molecule has 5 rings (SSSR count). The van der Waals surface area contributed by atoms with Gasteiger partial charge in [0.25, 0.3) is 5.91 Å². The van der Waals surface area contributed by atoms with Crippen LogP contribution in [0.1, 0.15) is 34.5 Å². The molecule has 0 atom stereocenters. The Bertz CT molecular complexity index is 1250. The topological polar surface area (TPSA) is 47.4 Å². The van der Waals surface area contributed by atoms with Crippen molar-refractivity contribution in [3.63, 3.8) is 0 Å². The average molecular weight is 458 g/mol. The third-order valence-corrected chi connectivity index (χ3v) is 6.02. The van der Waals surface area contributed by atoms with E-state index in [4.69, 9.17) is 21.4 Å². The number of carbonyl (C=O) groups is 1. The molecule has 0 bridgehead atoms. The first-order valence-electron chi connectivity index (χ1n) is 11.0. The minimum Gasteiger partial charge on any atom is -0.439 e. The Hall–Kier alpha value is -3.57. The summed E-state index contributed by atoms with van der Waals surface area (Å²) in [6, 6.07) is 26.8. The summed E-state index contributed by atoms with van der Waals surface area (Å²) >= 11 is 6.06. The van der Waals surface area contributed by atoms with Crippen LogP contribution in [-0.2, 0) is 6.54 Å². The normalized spacial score (nSPS) is 13.0. The number of aromatic nitrogens is 2. The average Bonchev–Trinajstić information content (AvgIpc) is 3.65. The molecule has 1 aliphatic rings. The van der Waals surface area contributed by atoms with Crippen LogP contribution in [0.4, 0.5) is 0 Å². The van der Waals surface area contributed by atoms with Gasteiger partial charge in [0, 0.05) is 16.6 Å². The van der Waals surface area contributed by atoms with Gasteiger partial charge in [-0.2, -0.15) is 5.10 Å². The number of benzene rings is 3. The molecular weight excluding hydrogens is 434 g/mol. The van der Waals surface area contributed by atoms with E-state index in [0.717, 1.165) is 29.8 Å². The summed E-state index contributed by atoms with van der Waals surface area (Å²) in [6.07, 6.45) is 2.02. The van der Waals surface area contributed by atoms with Crippen molar-refractivity contribution < 1.29 is 9.53 Å². The molecule has 0 N–H and O–H groups in total. The standard InChI is InChI=1S/C27H24ClN3O2/c1-19-25(18-30(22-14-15-22)26(32)20-8-4-2-5-9-20)27(33-24-16-12-21(28)13-17-24)31(29-19)23-10-6-3-7-11-23/h2-13,16-17,22H,14-15,18H2,1H3. The Morgan fingerprint density at radius 3 is 2.27 bits per heavy atom. The zero-order valence-electron chi connectivity index (χ0n) is 18.3. The van der Waals surface area contributed by atoms with E-state index >= 15 is 0 Å². The second-order valence-electron chi connectivity index (χ2n) is 8.20. The number of aryl methyl sites for hydroxylation is 1. The van der Waals surface area contributed by atoms with Crippen LogP contribution in [0.15, 0.2) is 84.9 Å². The second-order valence-corrected chi connectivity index (χ2v) is 8.64. The number of carbonyl (C=O) groups excluding carboxylic acids is 1. The lowest BCUT2D eigenvalue weighted by atomic mass is 10.1. The Morgan fingerprint density at radius 1 is 1.00 bits per heavy atom. The molecule has 1 saturated carbocycles. The van der Waals surface area contributed by atoms with E-state index in [9.17, 15) is 4.79 Å². The predicted molar refractivity (Wildman–Crippen MR) is 129 cm³/mol. The van der Waals surface area contributed by atoms with Gasteiger partial charge in [-0.3, -0.25) is 4.79 Å². The molecule has 1 aliphatic carbocycles. The van der Waals surface area contributed by atoms with Gasteiger partial charge in [0.2, 0.25) is 5.88 Å². The van der Waals surface area contributed by atoms with Gasteiger partial charge in [-0.25, -0.2) is 4.68 Å². The molecule has 0 spiro atoms. The van der Waals surface area contributed by atoms with Gasteiger partial charge in [-0.1, -0.05) is 48.0 Å². The Labute approximate surface area is 198 Å². The fourth-order valence-corrected chi connectivity index (χ4v) is 3.98. The van der Waals surface area contributed by atoms with Crippen molar-refractivity contribution in [1.82, 2.24) is 14.7 Å². The van der Waals surface area contributed by atoms with Crippen molar-refractivity contribution >= 4 is 17.5 Å². The first-order chi connectivity index (χ1) is 16.1. The Morgan fingerprint density at radius 2 is 1.64 bits per heavy atom. The third kappa shape index (κ3) is 4.64. The summed E-state index contributed by atoms with van der Waals surface area (Å²) < 4.78 is 8.16. The van der Waals surface area contributed by atoms with Gasteiger partial charge in [0.1, 0.15) is 5.75 Å². The molecule has 5 nitrogen and oxygen atoms in total. The molecule has 0 saturated heterocycles. The van der Waals surface area contributed by atoms with Crippen LogP contribution in [0.25, 0.3) is 5.69 Å². The van der Waals surface area contributed by atoms with Crippen LogP contribution in [0.2, 0.25) is 5.02 Å². The maximum absolute atomic E-state index is 13.4. The van der Waals surface area contributed by atoms with Crippen LogP contribution >= 0.6 is 11.6 Å². The number of hydrogen-bond donors (Lipinski definition) is 0. The van der Waals surface area contributed by atoms with E-state index in [1.807, 2.05) is 84.6 Å². The molecule has 33 heavy (non-hydrogen) atoms. The highest BCUT2D eigenvalue weighted by atomic mass is 35.5. The van der Waals surface area contributed by atoms with E-state index in [1.165, 1.54) is 0 Å². The SMILES string of the molecule is Cc1nn(-c2ccccc2)c(Oc2ccc(Cl)cc2)c1CN(C(=O)c1ccccc1)C1CC1. The van der Waals surface area contributed by atoms with Crippen molar-refractivity contribution in [2.24, 2.45) is 0 Å². The van der Waals surface area contributed by atoms with Crippen molar-refractivity contribution in [1.29, 1.82) is 0 Å². The number of halogens is 1. The first kappa shape index (κ1) is 21.3. The van der Waals surface area contributed by atoms with E-state index in [1.54, 1.807) is 16.8 Å². The summed E-state index contributed by atoms with van der Waals surface area (Å²) in [5.41, 5.74) is 3.31.